The Balaban J connectivity index is 1.55. The Morgan fingerprint density at radius 3 is 0.629 bits per heavy atom. The van der Waals surface area contributed by atoms with Crippen molar-refractivity contribution in [1.29, 1.82) is 0 Å². The van der Waals surface area contributed by atoms with E-state index in [-0.39, 0.29) is 56.1 Å². The topological polar surface area (TPSA) is 13.0 Å². The van der Waals surface area contributed by atoms with E-state index in [0.29, 0.717) is 22.7 Å². The van der Waals surface area contributed by atoms with Crippen LogP contribution in [0.3, 0.4) is 0 Å². The van der Waals surface area contributed by atoms with Gasteiger partial charge in [-0.2, -0.15) is 0 Å². The average Bonchev–Trinajstić information content (AvgIpc) is 3.69. The molecule has 0 aromatic heterocycles. The number of nitrogens with zero attached hydrogens (tertiary/aromatic N) is 4. The highest BCUT2D eigenvalue weighted by molar-refractivity contribution is 6.00. The van der Waals surface area contributed by atoms with Gasteiger partial charge in [0.05, 0.1) is 45.5 Å². The molecule has 2 aliphatic rings. The van der Waals surface area contributed by atoms with Gasteiger partial charge in [-0.15, -0.1) is 0 Å². The second-order valence-electron chi connectivity index (χ2n) is 20.6. The van der Waals surface area contributed by atoms with Gasteiger partial charge in [0.15, 0.2) is 11.6 Å². The number of fused-ring (bicyclic) bond motifs is 2. The number of anilines is 8. The molecule has 0 bridgehead atoms. The lowest BCUT2D eigenvalue weighted by atomic mass is 9.87. The minimum atomic E-state index is -0.509. The van der Waals surface area contributed by atoms with Crippen LogP contribution >= 0.6 is 0 Å². The second-order valence-corrected chi connectivity index (χ2v) is 20.6. The summed E-state index contributed by atoms with van der Waals surface area (Å²) in [6, 6.07) is 35.6. The summed E-state index contributed by atoms with van der Waals surface area (Å²) < 4.78 is 68.9. The van der Waals surface area contributed by atoms with Crippen molar-refractivity contribution in [2.45, 2.75) is 105 Å². The SMILES string of the molecule is CC(C)(C)c1ccc(N2C(=C3N(c4ccc(C(C)(C)C)cc4F)c4ccccc4N3c3ccc(C(C)(C)C)cc3F)N(c3ccc(C(C)(C)C)cc3F)c3ccccc32)c(F)c1. The normalized spacial score (nSPS) is 14.6. The maximum absolute atomic E-state index is 17.2. The summed E-state index contributed by atoms with van der Waals surface area (Å²) in [4.78, 5) is 7.05. The van der Waals surface area contributed by atoms with Crippen molar-refractivity contribution in [3.05, 3.63) is 178 Å². The molecule has 0 N–H and O–H groups in total. The Kier molecular flexibility index (Phi) is 10.2. The van der Waals surface area contributed by atoms with Gasteiger partial charge >= 0.3 is 0 Å². The molecule has 2 aliphatic heterocycles. The van der Waals surface area contributed by atoms with Gasteiger partial charge in [-0.05, 0) is 117 Å². The van der Waals surface area contributed by atoms with Crippen LogP contribution in [-0.4, -0.2) is 0 Å². The van der Waals surface area contributed by atoms with Crippen LogP contribution in [0.1, 0.15) is 105 Å². The van der Waals surface area contributed by atoms with Gasteiger partial charge < -0.3 is 0 Å². The highest BCUT2D eigenvalue weighted by Crippen LogP contribution is 2.58. The smallest absolute Gasteiger partial charge is 0.166 e. The fourth-order valence-corrected chi connectivity index (χ4v) is 8.34. The van der Waals surface area contributed by atoms with E-state index in [1.54, 1.807) is 43.9 Å². The first-order valence-electron chi connectivity index (χ1n) is 21.3. The van der Waals surface area contributed by atoms with E-state index in [0.717, 1.165) is 22.3 Å². The molecule has 0 radical (unpaired) electrons. The monoisotopic (exact) mass is 836 g/mol. The predicted molar refractivity (Wildman–Crippen MR) is 249 cm³/mol. The highest BCUT2D eigenvalue weighted by Gasteiger charge is 2.46. The Labute approximate surface area is 364 Å². The van der Waals surface area contributed by atoms with Gasteiger partial charge in [0, 0.05) is 0 Å². The van der Waals surface area contributed by atoms with Crippen molar-refractivity contribution in [3.63, 3.8) is 0 Å². The van der Waals surface area contributed by atoms with Crippen LogP contribution in [0.25, 0.3) is 0 Å². The van der Waals surface area contributed by atoms with Crippen LogP contribution in [0.15, 0.2) is 133 Å². The minimum Gasteiger partial charge on any atom is -0.288 e. The molecule has 0 amide bonds. The lowest BCUT2D eigenvalue weighted by molar-refractivity contribution is 0.571. The summed E-state index contributed by atoms with van der Waals surface area (Å²) in [5, 5.41) is 0. The number of hydrogen-bond donors (Lipinski definition) is 0. The number of para-hydroxylation sites is 4. The molecule has 2 heterocycles. The minimum absolute atomic E-state index is 0.185. The predicted octanol–water partition coefficient (Wildman–Crippen LogP) is 15.8. The van der Waals surface area contributed by atoms with Crippen LogP contribution in [0.4, 0.5) is 63.1 Å². The van der Waals surface area contributed by atoms with Crippen molar-refractivity contribution < 1.29 is 17.6 Å². The summed E-state index contributed by atoms with van der Waals surface area (Å²) in [7, 11) is 0. The fourth-order valence-electron chi connectivity index (χ4n) is 8.34. The van der Waals surface area contributed by atoms with E-state index in [9.17, 15) is 0 Å². The third-order valence-electron chi connectivity index (χ3n) is 12.0. The maximum atomic E-state index is 17.2. The first kappa shape index (κ1) is 42.7. The number of rotatable bonds is 4. The van der Waals surface area contributed by atoms with E-state index >= 15 is 17.6 Å². The van der Waals surface area contributed by atoms with Gasteiger partial charge in [0.25, 0.3) is 0 Å². The molecule has 0 fully saturated rings. The molecule has 62 heavy (non-hydrogen) atoms. The zero-order valence-corrected chi connectivity index (χ0v) is 37.8. The summed E-state index contributed by atoms with van der Waals surface area (Å²) in [6.07, 6.45) is 0. The molecule has 0 aliphatic carbocycles. The van der Waals surface area contributed by atoms with Crippen molar-refractivity contribution in [1.82, 2.24) is 0 Å². The van der Waals surface area contributed by atoms with Crippen LogP contribution in [0, 0.1) is 23.3 Å². The van der Waals surface area contributed by atoms with E-state index in [2.05, 4.69) is 0 Å². The molecule has 6 aromatic rings. The van der Waals surface area contributed by atoms with Crippen LogP contribution in [0.2, 0.25) is 0 Å². The lowest BCUT2D eigenvalue weighted by Crippen LogP contribution is -2.34. The molecule has 0 saturated heterocycles. The standard InChI is InChI=1S/C54H56F4N4/c1-51(2,3)33-21-25-41(37(55)29-33)59-45-17-13-14-18-46(45)60(42-26-22-34(30-38(42)56)52(4,5)6)49(59)50-61(43-27-23-35(31-39(43)57)53(7,8)9)47-19-15-16-20-48(47)62(50)44-28-24-36(32-40(44)58)54(10,11)12/h13-32H,1-12H3. The van der Waals surface area contributed by atoms with Gasteiger partial charge in [-0.1, -0.05) is 132 Å². The lowest BCUT2D eigenvalue weighted by Gasteiger charge is -2.35. The van der Waals surface area contributed by atoms with E-state index in [1.165, 1.54) is 24.3 Å². The summed E-state index contributed by atoms with van der Waals surface area (Å²) in [5.74, 6) is -1.50. The summed E-state index contributed by atoms with van der Waals surface area (Å²) >= 11 is 0. The van der Waals surface area contributed by atoms with Gasteiger partial charge in [-0.3, -0.25) is 19.6 Å². The van der Waals surface area contributed by atoms with Crippen molar-refractivity contribution in [3.8, 4) is 0 Å². The first-order valence-corrected chi connectivity index (χ1v) is 21.3. The van der Waals surface area contributed by atoms with Crippen LogP contribution < -0.4 is 19.6 Å². The van der Waals surface area contributed by atoms with Gasteiger partial charge in [0.1, 0.15) is 23.3 Å². The van der Waals surface area contributed by atoms with Crippen molar-refractivity contribution >= 4 is 45.5 Å². The van der Waals surface area contributed by atoms with Gasteiger partial charge in [0.2, 0.25) is 0 Å². The number of halogens is 4. The quantitative estimate of drug-likeness (QED) is 0.164. The molecular formula is C54H56F4N4. The van der Waals surface area contributed by atoms with Crippen LogP contribution in [0.5, 0.6) is 0 Å². The third-order valence-corrected chi connectivity index (χ3v) is 12.0. The molecule has 0 atom stereocenters. The number of benzene rings is 6. The maximum Gasteiger partial charge on any atom is 0.166 e. The Morgan fingerprint density at radius 2 is 0.468 bits per heavy atom. The molecule has 4 nitrogen and oxygen atoms in total. The Morgan fingerprint density at radius 1 is 0.274 bits per heavy atom. The third kappa shape index (κ3) is 7.31. The van der Waals surface area contributed by atoms with Crippen LogP contribution in [-0.2, 0) is 21.7 Å². The van der Waals surface area contributed by atoms with E-state index in [4.69, 9.17) is 0 Å². The summed E-state index contributed by atoms with van der Waals surface area (Å²) in [6.45, 7) is 24.3. The van der Waals surface area contributed by atoms with Crippen molar-refractivity contribution in [2.24, 2.45) is 0 Å². The molecular weight excluding hydrogens is 781 g/mol. The van der Waals surface area contributed by atoms with Crippen molar-refractivity contribution in [2.75, 3.05) is 19.6 Å². The second kappa shape index (κ2) is 14.8. The molecule has 8 rings (SSSR count). The Hall–Kier alpha value is -6.02. The Bertz CT molecular complexity index is 2390. The molecule has 0 spiro atoms. The molecule has 6 aromatic carbocycles. The van der Waals surface area contributed by atoms with E-state index < -0.39 is 23.3 Å². The zero-order chi connectivity index (χ0) is 44.8. The molecule has 0 unspecified atom stereocenters. The fraction of sp³-hybridized carbons (Fsp3) is 0.296. The van der Waals surface area contributed by atoms with E-state index in [1.807, 2.05) is 156 Å². The average molecular weight is 837 g/mol. The summed E-state index contributed by atoms with van der Waals surface area (Å²) in [5.41, 5.74) is 4.69. The molecule has 320 valence electrons. The zero-order valence-electron chi connectivity index (χ0n) is 37.8. The van der Waals surface area contributed by atoms with Gasteiger partial charge in [-0.25, -0.2) is 17.6 Å². The molecule has 0 saturated carbocycles. The largest absolute Gasteiger partial charge is 0.288 e. The first-order chi connectivity index (χ1) is 29.0. The molecule has 8 heteroatoms. The number of hydrogen-bond acceptors (Lipinski definition) is 4. The highest BCUT2D eigenvalue weighted by atomic mass is 19.1.